The smallest absolute Gasteiger partial charge is 0.326 e. The highest BCUT2D eigenvalue weighted by atomic mass is 16.4. The van der Waals surface area contributed by atoms with Crippen LogP contribution in [-0.2, 0) is 11.3 Å². The van der Waals surface area contributed by atoms with E-state index in [0.29, 0.717) is 31.0 Å². The Labute approximate surface area is 121 Å². The number of aliphatic carboxylic acids is 1. The van der Waals surface area contributed by atoms with Crippen LogP contribution in [0.15, 0.2) is 12.5 Å². The standard InChI is InChI=1S/C13H17N5O3/c19-6-5-18-12-9(7-16-18)11(14-8-15-12)17-4-2-1-3-10(17)13(20)21/h7-8,10,19H,1-6H2,(H,20,21). The highest BCUT2D eigenvalue weighted by Crippen LogP contribution is 2.28. The van der Waals surface area contributed by atoms with Crippen molar-refractivity contribution in [2.24, 2.45) is 0 Å². The van der Waals surface area contributed by atoms with Crippen molar-refractivity contribution in [3.05, 3.63) is 12.5 Å². The van der Waals surface area contributed by atoms with Gasteiger partial charge in [0.25, 0.3) is 0 Å². The van der Waals surface area contributed by atoms with Crippen molar-refractivity contribution >= 4 is 22.8 Å². The number of aromatic nitrogens is 4. The highest BCUT2D eigenvalue weighted by Gasteiger charge is 2.30. The number of fused-ring (bicyclic) bond motifs is 1. The monoisotopic (exact) mass is 291 g/mol. The number of piperidine rings is 1. The predicted molar refractivity (Wildman–Crippen MR) is 75.0 cm³/mol. The first-order valence-electron chi connectivity index (χ1n) is 6.99. The van der Waals surface area contributed by atoms with Crippen molar-refractivity contribution in [2.45, 2.75) is 31.8 Å². The van der Waals surface area contributed by atoms with Crippen LogP contribution in [0.4, 0.5) is 5.82 Å². The lowest BCUT2D eigenvalue weighted by atomic mass is 10.0. The first kappa shape index (κ1) is 13.7. The Morgan fingerprint density at radius 1 is 1.38 bits per heavy atom. The van der Waals surface area contributed by atoms with Gasteiger partial charge in [-0.2, -0.15) is 5.10 Å². The number of anilines is 1. The van der Waals surface area contributed by atoms with Gasteiger partial charge in [-0.3, -0.25) is 0 Å². The molecule has 112 valence electrons. The Bertz CT molecular complexity index is 656. The van der Waals surface area contributed by atoms with Gasteiger partial charge < -0.3 is 15.1 Å². The Hall–Kier alpha value is -2.22. The summed E-state index contributed by atoms with van der Waals surface area (Å²) in [6.45, 7) is 0.980. The zero-order valence-electron chi connectivity index (χ0n) is 11.5. The van der Waals surface area contributed by atoms with Crippen LogP contribution in [0.2, 0.25) is 0 Å². The number of carboxylic acids is 1. The van der Waals surface area contributed by atoms with E-state index < -0.39 is 12.0 Å². The molecule has 0 bridgehead atoms. The summed E-state index contributed by atoms with van der Waals surface area (Å²) in [6.07, 6.45) is 5.52. The Balaban J connectivity index is 2.04. The van der Waals surface area contributed by atoms with E-state index in [1.165, 1.54) is 6.33 Å². The second-order valence-corrected chi connectivity index (χ2v) is 5.07. The van der Waals surface area contributed by atoms with Gasteiger partial charge in [0.15, 0.2) is 5.65 Å². The van der Waals surface area contributed by atoms with Gasteiger partial charge in [0, 0.05) is 6.54 Å². The molecule has 0 radical (unpaired) electrons. The van der Waals surface area contributed by atoms with Crippen molar-refractivity contribution in [1.82, 2.24) is 19.7 Å². The van der Waals surface area contributed by atoms with Crippen LogP contribution in [0.25, 0.3) is 11.0 Å². The summed E-state index contributed by atoms with van der Waals surface area (Å²) in [7, 11) is 0. The van der Waals surface area contributed by atoms with E-state index in [-0.39, 0.29) is 6.61 Å². The molecule has 1 unspecified atom stereocenters. The van der Waals surface area contributed by atoms with Gasteiger partial charge >= 0.3 is 5.97 Å². The number of nitrogens with zero attached hydrogens (tertiary/aromatic N) is 5. The van der Waals surface area contributed by atoms with Crippen LogP contribution in [0.5, 0.6) is 0 Å². The molecule has 0 aromatic carbocycles. The molecule has 1 aliphatic rings. The first-order chi connectivity index (χ1) is 10.2. The first-order valence-corrected chi connectivity index (χ1v) is 6.99. The molecular formula is C13H17N5O3. The van der Waals surface area contributed by atoms with E-state index in [4.69, 9.17) is 5.11 Å². The lowest BCUT2D eigenvalue weighted by molar-refractivity contribution is -0.139. The minimum atomic E-state index is -0.829. The molecule has 8 nitrogen and oxygen atoms in total. The Morgan fingerprint density at radius 3 is 3.00 bits per heavy atom. The fraction of sp³-hybridized carbons (Fsp3) is 0.538. The minimum absolute atomic E-state index is 0.0302. The lowest BCUT2D eigenvalue weighted by Gasteiger charge is -2.33. The van der Waals surface area contributed by atoms with Crippen molar-refractivity contribution in [3.63, 3.8) is 0 Å². The topological polar surface area (TPSA) is 104 Å². The molecule has 3 rings (SSSR count). The molecule has 1 fully saturated rings. The maximum absolute atomic E-state index is 11.4. The quantitative estimate of drug-likeness (QED) is 0.832. The van der Waals surface area contributed by atoms with Crippen molar-refractivity contribution in [1.29, 1.82) is 0 Å². The van der Waals surface area contributed by atoms with Gasteiger partial charge in [0.1, 0.15) is 18.2 Å². The number of rotatable bonds is 4. The second kappa shape index (κ2) is 5.65. The molecular weight excluding hydrogens is 274 g/mol. The summed E-state index contributed by atoms with van der Waals surface area (Å²) in [5, 5.41) is 23.3. The number of hydrogen-bond acceptors (Lipinski definition) is 6. The molecule has 3 heterocycles. The summed E-state index contributed by atoms with van der Waals surface area (Å²) < 4.78 is 1.60. The molecule has 2 N–H and O–H groups in total. The van der Waals surface area contributed by atoms with Crippen LogP contribution < -0.4 is 4.90 Å². The molecule has 0 spiro atoms. The zero-order chi connectivity index (χ0) is 14.8. The van der Waals surface area contributed by atoms with Crippen molar-refractivity contribution in [3.8, 4) is 0 Å². The van der Waals surface area contributed by atoms with E-state index in [2.05, 4.69) is 15.1 Å². The molecule has 0 saturated carbocycles. The largest absolute Gasteiger partial charge is 0.480 e. The van der Waals surface area contributed by atoms with E-state index in [1.54, 1.807) is 10.9 Å². The van der Waals surface area contributed by atoms with E-state index in [0.717, 1.165) is 18.2 Å². The molecule has 8 heteroatoms. The maximum atomic E-state index is 11.4. The van der Waals surface area contributed by atoms with E-state index in [9.17, 15) is 9.90 Å². The maximum Gasteiger partial charge on any atom is 0.326 e. The molecule has 1 aliphatic heterocycles. The zero-order valence-corrected chi connectivity index (χ0v) is 11.5. The van der Waals surface area contributed by atoms with Crippen LogP contribution in [-0.4, -0.2) is 55.1 Å². The Morgan fingerprint density at radius 2 is 2.24 bits per heavy atom. The summed E-state index contributed by atoms with van der Waals surface area (Å²) in [4.78, 5) is 21.7. The van der Waals surface area contributed by atoms with Crippen molar-refractivity contribution in [2.75, 3.05) is 18.1 Å². The van der Waals surface area contributed by atoms with Gasteiger partial charge in [-0.05, 0) is 19.3 Å². The van der Waals surface area contributed by atoms with Crippen LogP contribution in [0.3, 0.4) is 0 Å². The third kappa shape index (κ3) is 2.42. The number of hydrogen-bond donors (Lipinski definition) is 2. The molecule has 2 aromatic rings. The predicted octanol–water partition coefficient (Wildman–Crippen LogP) is 0.262. The summed E-state index contributed by atoms with van der Waals surface area (Å²) in [5.41, 5.74) is 0.615. The number of aliphatic hydroxyl groups is 1. The van der Waals surface area contributed by atoms with Crippen molar-refractivity contribution < 1.29 is 15.0 Å². The van der Waals surface area contributed by atoms with Gasteiger partial charge in [-0.25, -0.2) is 19.4 Å². The summed E-state index contributed by atoms with van der Waals surface area (Å²) in [5.74, 6) is -0.222. The third-order valence-corrected chi connectivity index (χ3v) is 3.78. The van der Waals surface area contributed by atoms with Crippen LogP contribution in [0.1, 0.15) is 19.3 Å². The van der Waals surface area contributed by atoms with Gasteiger partial charge in [0.2, 0.25) is 0 Å². The average Bonchev–Trinajstić information content (AvgIpc) is 2.91. The molecule has 2 aromatic heterocycles. The number of aliphatic hydroxyl groups excluding tert-OH is 1. The van der Waals surface area contributed by atoms with Gasteiger partial charge in [0.05, 0.1) is 24.7 Å². The molecule has 1 saturated heterocycles. The molecule has 21 heavy (non-hydrogen) atoms. The van der Waals surface area contributed by atoms with Gasteiger partial charge in [-0.1, -0.05) is 0 Å². The minimum Gasteiger partial charge on any atom is -0.480 e. The average molecular weight is 291 g/mol. The van der Waals surface area contributed by atoms with Crippen LogP contribution in [0, 0.1) is 0 Å². The van der Waals surface area contributed by atoms with E-state index >= 15 is 0 Å². The fourth-order valence-electron chi connectivity index (χ4n) is 2.81. The second-order valence-electron chi connectivity index (χ2n) is 5.07. The molecule has 0 aliphatic carbocycles. The SMILES string of the molecule is O=C(O)C1CCCCN1c1ncnc2c1cnn2CCO. The summed E-state index contributed by atoms with van der Waals surface area (Å²) >= 11 is 0. The lowest BCUT2D eigenvalue weighted by Crippen LogP contribution is -2.45. The van der Waals surface area contributed by atoms with E-state index in [1.807, 2.05) is 4.90 Å². The number of carboxylic acid groups (broad SMARTS) is 1. The molecule has 0 amide bonds. The van der Waals surface area contributed by atoms with Gasteiger partial charge in [-0.15, -0.1) is 0 Å². The normalized spacial score (nSPS) is 19.1. The summed E-state index contributed by atoms with van der Waals surface area (Å²) in [6, 6.07) is -0.557. The Kier molecular flexibility index (Phi) is 3.70. The molecule has 1 atom stereocenters. The third-order valence-electron chi connectivity index (χ3n) is 3.78. The highest BCUT2D eigenvalue weighted by molar-refractivity contribution is 5.89. The number of carbonyl (C=O) groups is 1. The fourth-order valence-corrected chi connectivity index (χ4v) is 2.81. The van der Waals surface area contributed by atoms with Crippen LogP contribution >= 0.6 is 0 Å².